The lowest BCUT2D eigenvalue weighted by atomic mass is 10.0. The van der Waals surface area contributed by atoms with Gasteiger partial charge in [-0.2, -0.15) is 0 Å². The standard InChI is InChI=1S/C34H42N8O5/c1-3-4-13-27(32(45)41-28(31(35)44)16-23-18-37-26-14-9-8-12-25(23)26)40-33(46)29(15-22-10-6-5-7-11-22)42-34(47)30(39-21(2)43)17-24-19-36-20-38-24/h5-12,14,18-20,27-30,37H,3-4,13,15-17H2,1-2H3,(H2,35,44)(H,36,38)(H,39,43)(H,40,46)(H,41,45)(H,42,47)/t27-,28-,29+,30-/m0/s1. The van der Waals surface area contributed by atoms with Gasteiger partial charge in [-0.05, 0) is 23.6 Å². The number of hydrogen-bond acceptors (Lipinski definition) is 6. The van der Waals surface area contributed by atoms with Crippen LogP contribution in [0.3, 0.4) is 0 Å². The van der Waals surface area contributed by atoms with Crippen LogP contribution in [0.2, 0.25) is 0 Å². The second-order valence-corrected chi connectivity index (χ2v) is 11.5. The average Bonchev–Trinajstić information content (AvgIpc) is 3.72. The molecular formula is C34H42N8O5. The van der Waals surface area contributed by atoms with Crippen molar-refractivity contribution in [1.82, 2.24) is 36.2 Å². The largest absolute Gasteiger partial charge is 0.368 e. The van der Waals surface area contributed by atoms with Gasteiger partial charge in [0, 0.05) is 55.2 Å². The number of fused-ring (bicyclic) bond motifs is 1. The van der Waals surface area contributed by atoms with E-state index in [4.69, 9.17) is 5.73 Å². The highest BCUT2D eigenvalue weighted by atomic mass is 16.2. The van der Waals surface area contributed by atoms with Gasteiger partial charge in [-0.1, -0.05) is 68.3 Å². The molecule has 8 N–H and O–H groups in total. The molecule has 0 aliphatic heterocycles. The van der Waals surface area contributed by atoms with E-state index < -0.39 is 53.7 Å². The molecular weight excluding hydrogens is 600 g/mol. The van der Waals surface area contributed by atoms with Gasteiger partial charge < -0.3 is 37.0 Å². The highest BCUT2D eigenvalue weighted by Gasteiger charge is 2.31. The van der Waals surface area contributed by atoms with Crippen LogP contribution in [0.15, 0.2) is 73.3 Å². The number of aromatic nitrogens is 3. The second-order valence-electron chi connectivity index (χ2n) is 11.5. The van der Waals surface area contributed by atoms with Crippen molar-refractivity contribution < 1.29 is 24.0 Å². The van der Waals surface area contributed by atoms with Gasteiger partial charge in [0.2, 0.25) is 29.5 Å². The molecule has 5 amide bonds. The van der Waals surface area contributed by atoms with Crippen LogP contribution in [0.4, 0.5) is 0 Å². The van der Waals surface area contributed by atoms with Crippen molar-refractivity contribution in [2.45, 2.75) is 76.5 Å². The molecule has 0 saturated carbocycles. The van der Waals surface area contributed by atoms with Gasteiger partial charge in [-0.3, -0.25) is 24.0 Å². The number of primary amides is 1. The monoisotopic (exact) mass is 642 g/mol. The van der Waals surface area contributed by atoms with Crippen LogP contribution in [0.25, 0.3) is 10.9 Å². The zero-order valence-electron chi connectivity index (χ0n) is 26.5. The molecule has 2 aromatic heterocycles. The van der Waals surface area contributed by atoms with Crippen molar-refractivity contribution >= 4 is 40.4 Å². The number of benzene rings is 2. The SMILES string of the molecule is CCCC[C@H](NC(=O)[C@@H](Cc1ccccc1)NC(=O)[C@H](Cc1cnc[nH]1)NC(C)=O)C(=O)N[C@@H](Cc1c[nH]c2ccccc12)C(N)=O. The van der Waals surface area contributed by atoms with Crippen molar-refractivity contribution in [2.75, 3.05) is 0 Å². The number of carbonyl (C=O) groups excluding carboxylic acids is 5. The summed E-state index contributed by atoms with van der Waals surface area (Å²) >= 11 is 0. The maximum atomic E-state index is 13.8. The molecule has 0 unspecified atom stereocenters. The fourth-order valence-electron chi connectivity index (χ4n) is 5.37. The number of nitrogens with zero attached hydrogens (tertiary/aromatic N) is 1. The third kappa shape index (κ3) is 10.0. The number of aromatic amines is 2. The van der Waals surface area contributed by atoms with Crippen molar-refractivity contribution in [3.05, 3.63) is 90.1 Å². The molecule has 4 rings (SSSR count). The molecule has 0 spiro atoms. The lowest BCUT2D eigenvalue weighted by molar-refractivity contribution is -0.134. The molecule has 4 atom stereocenters. The average molecular weight is 643 g/mol. The number of nitrogens with two attached hydrogens (primary N) is 1. The molecule has 0 radical (unpaired) electrons. The zero-order chi connectivity index (χ0) is 33.8. The Kier molecular flexibility index (Phi) is 12.3. The fourth-order valence-corrected chi connectivity index (χ4v) is 5.37. The predicted molar refractivity (Wildman–Crippen MR) is 177 cm³/mol. The Hall–Kier alpha value is -5.46. The van der Waals surface area contributed by atoms with Crippen LogP contribution in [0, 0.1) is 0 Å². The molecule has 2 heterocycles. The molecule has 0 saturated heterocycles. The van der Waals surface area contributed by atoms with Gasteiger partial charge in [0.1, 0.15) is 24.2 Å². The first-order valence-corrected chi connectivity index (χ1v) is 15.7. The lowest BCUT2D eigenvalue weighted by Crippen LogP contribution is -2.59. The van der Waals surface area contributed by atoms with E-state index in [-0.39, 0.29) is 19.3 Å². The van der Waals surface area contributed by atoms with Gasteiger partial charge in [0.05, 0.1) is 6.33 Å². The first-order valence-electron chi connectivity index (χ1n) is 15.7. The maximum Gasteiger partial charge on any atom is 0.243 e. The van der Waals surface area contributed by atoms with Crippen molar-refractivity contribution in [2.24, 2.45) is 5.73 Å². The zero-order valence-corrected chi connectivity index (χ0v) is 26.5. The van der Waals surface area contributed by atoms with Crippen molar-refractivity contribution in [3.8, 4) is 0 Å². The molecule has 248 valence electrons. The van der Waals surface area contributed by atoms with E-state index >= 15 is 0 Å². The normalized spacial score (nSPS) is 13.6. The Labute approximate surface area is 272 Å². The third-order valence-corrected chi connectivity index (χ3v) is 7.83. The summed E-state index contributed by atoms with van der Waals surface area (Å²) in [7, 11) is 0. The summed E-state index contributed by atoms with van der Waals surface area (Å²) in [6.45, 7) is 3.26. The number of imidazole rings is 1. The number of H-pyrrole nitrogens is 2. The van der Waals surface area contributed by atoms with E-state index in [1.807, 2.05) is 61.5 Å². The van der Waals surface area contributed by atoms with Crippen LogP contribution < -0.4 is 27.0 Å². The molecule has 4 aromatic rings. The van der Waals surface area contributed by atoms with E-state index in [2.05, 4.69) is 36.2 Å². The Bertz CT molecular complexity index is 1650. The molecule has 13 heteroatoms. The van der Waals surface area contributed by atoms with Crippen LogP contribution in [-0.4, -0.2) is 68.7 Å². The molecule has 0 aliphatic rings. The van der Waals surface area contributed by atoms with Gasteiger partial charge in [0.25, 0.3) is 0 Å². The van der Waals surface area contributed by atoms with Crippen LogP contribution in [0.1, 0.15) is 49.9 Å². The molecule has 13 nitrogen and oxygen atoms in total. The minimum absolute atomic E-state index is 0.123. The van der Waals surface area contributed by atoms with Gasteiger partial charge in [-0.25, -0.2) is 4.98 Å². The van der Waals surface area contributed by atoms with Gasteiger partial charge in [-0.15, -0.1) is 0 Å². The van der Waals surface area contributed by atoms with Crippen molar-refractivity contribution in [1.29, 1.82) is 0 Å². The van der Waals surface area contributed by atoms with Crippen LogP contribution in [0.5, 0.6) is 0 Å². The topological polar surface area (TPSA) is 204 Å². The van der Waals surface area contributed by atoms with Crippen LogP contribution in [-0.2, 0) is 43.2 Å². The Morgan fingerprint density at radius 1 is 0.766 bits per heavy atom. The van der Waals surface area contributed by atoms with E-state index in [0.717, 1.165) is 28.5 Å². The smallest absolute Gasteiger partial charge is 0.243 e. The second kappa shape index (κ2) is 16.7. The lowest BCUT2D eigenvalue weighted by Gasteiger charge is -2.26. The highest BCUT2D eigenvalue weighted by molar-refractivity contribution is 5.95. The van der Waals surface area contributed by atoms with Gasteiger partial charge >= 0.3 is 0 Å². The summed E-state index contributed by atoms with van der Waals surface area (Å²) in [4.78, 5) is 75.4. The summed E-state index contributed by atoms with van der Waals surface area (Å²) in [6.07, 6.45) is 6.87. The molecule has 0 fully saturated rings. The quantitative estimate of drug-likeness (QED) is 0.0910. The summed E-state index contributed by atoms with van der Waals surface area (Å²) in [6, 6.07) is 12.6. The minimum atomic E-state index is -1.09. The number of amides is 5. The number of para-hydroxylation sites is 1. The molecule has 47 heavy (non-hydrogen) atoms. The van der Waals surface area contributed by atoms with Crippen LogP contribution >= 0.6 is 0 Å². The number of rotatable bonds is 17. The number of nitrogens with one attached hydrogen (secondary N) is 6. The predicted octanol–water partition coefficient (Wildman–Crippen LogP) is 1.55. The third-order valence-electron chi connectivity index (χ3n) is 7.83. The van der Waals surface area contributed by atoms with E-state index in [1.54, 1.807) is 12.4 Å². The number of hydrogen-bond donors (Lipinski definition) is 7. The Morgan fingerprint density at radius 2 is 1.40 bits per heavy atom. The first-order chi connectivity index (χ1) is 22.6. The number of carbonyl (C=O) groups is 5. The summed E-state index contributed by atoms with van der Waals surface area (Å²) < 4.78 is 0. The number of unbranched alkanes of at least 4 members (excludes halogenated alkanes) is 1. The summed E-state index contributed by atoms with van der Waals surface area (Å²) in [5.74, 6) is -2.85. The fraction of sp³-hybridized carbons (Fsp3) is 0.353. The van der Waals surface area contributed by atoms with E-state index in [9.17, 15) is 24.0 Å². The minimum Gasteiger partial charge on any atom is -0.368 e. The molecule has 0 bridgehead atoms. The molecule has 2 aromatic carbocycles. The summed E-state index contributed by atoms with van der Waals surface area (Å²) in [5, 5.41) is 11.9. The Morgan fingerprint density at radius 3 is 2.06 bits per heavy atom. The van der Waals surface area contributed by atoms with E-state index in [0.29, 0.717) is 18.5 Å². The van der Waals surface area contributed by atoms with Crippen molar-refractivity contribution in [3.63, 3.8) is 0 Å². The highest BCUT2D eigenvalue weighted by Crippen LogP contribution is 2.19. The summed E-state index contributed by atoms with van der Waals surface area (Å²) in [5.41, 5.74) is 8.82. The maximum absolute atomic E-state index is 13.8. The van der Waals surface area contributed by atoms with Gasteiger partial charge in [0.15, 0.2) is 0 Å². The van der Waals surface area contributed by atoms with E-state index in [1.165, 1.54) is 13.3 Å². The molecule has 0 aliphatic carbocycles. The Balaban J connectivity index is 1.52. The first kappa shape index (κ1) is 34.4.